The van der Waals surface area contributed by atoms with E-state index in [1.165, 1.54) is 19.3 Å². The first kappa shape index (κ1) is 16.5. The molecule has 1 fully saturated rings. The summed E-state index contributed by atoms with van der Waals surface area (Å²) in [5.74, 6) is 0.111. The van der Waals surface area contributed by atoms with Gasteiger partial charge >= 0.3 is 5.97 Å². The van der Waals surface area contributed by atoms with Crippen LogP contribution in [0.3, 0.4) is 0 Å². The zero-order valence-corrected chi connectivity index (χ0v) is 13.3. The van der Waals surface area contributed by atoms with E-state index in [1.807, 2.05) is 13.8 Å². The Morgan fingerprint density at radius 1 is 1.16 bits per heavy atom. The summed E-state index contributed by atoms with van der Waals surface area (Å²) in [6.07, 6.45) is 4.54. The van der Waals surface area contributed by atoms with Crippen molar-refractivity contribution in [2.24, 2.45) is 16.7 Å². The fourth-order valence-electron chi connectivity index (χ4n) is 2.79. The molecule has 19 heavy (non-hydrogen) atoms. The van der Waals surface area contributed by atoms with E-state index in [0.717, 1.165) is 32.0 Å². The summed E-state index contributed by atoms with van der Waals surface area (Å²) < 4.78 is 0. The summed E-state index contributed by atoms with van der Waals surface area (Å²) in [6, 6.07) is 0. The maximum Gasteiger partial charge on any atom is 0.309 e. The molecule has 0 aliphatic carbocycles. The zero-order valence-electron chi connectivity index (χ0n) is 13.3. The zero-order chi connectivity index (χ0) is 14.7. The molecule has 1 N–H and O–H groups in total. The molecule has 1 atom stereocenters. The van der Waals surface area contributed by atoms with Gasteiger partial charge in [0.1, 0.15) is 0 Å². The molecule has 1 rings (SSSR count). The standard InChI is InChI=1S/C16H31NO2/c1-15(2,3)13-7-6-10-17(11-8-13)12-9-16(4,5)14(18)19/h13H,6-12H2,1-5H3,(H,18,19). The van der Waals surface area contributed by atoms with E-state index in [2.05, 4.69) is 25.7 Å². The van der Waals surface area contributed by atoms with Crippen LogP contribution in [-0.2, 0) is 4.79 Å². The van der Waals surface area contributed by atoms with Gasteiger partial charge in [0.05, 0.1) is 5.41 Å². The fourth-order valence-corrected chi connectivity index (χ4v) is 2.79. The van der Waals surface area contributed by atoms with Gasteiger partial charge in [-0.25, -0.2) is 0 Å². The molecule has 1 aliphatic heterocycles. The molecule has 0 radical (unpaired) electrons. The van der Waals surface area contributed by atoms with Crippen LogP contribution < -0.4 is 0 Å². The third-order valence-electron chi connectivity index (χ3n) is 4.68. The number of carboxylic acids is 1. The van der Waals surface area contributed by atoms with E-state index in [-0.39, 0.29) is 0 Å². The average molecular weight is 269 g/mol. The van der Waals surface area contributed by atoms with Gasteiger partial charge in [-0.2, -0.15) is 0 Å². The van der Waals surface area contributed by atoms with Crippen molar-refractivity contribution >= 4 is 5.97 Å². The van der Waals surface area contributed by atoms with Crippen LogP contribution >= 0.6 is 0 Å². The lowest BCUT2D eigenvalue weighted by atomic mass is 9.77. The molecule has 0 aromatic heterocycles. The second-order valence-electron chi connectivity index (χ2n) is 7.77. The molecule has 1 unspecified atom stereocenters. The second-order valence-corrected chi connectivity index (χ2v) is 7.77. The average Bonchev–Trinajstić information content (AvgIpc) is 2.50. The van der Waals surface area contributed by atoms with E-state index >= 15 is 0 Å². The third-order valence-corrected chi connectivity index (χ3v) is 4.68. The lowest BCUT2D eigenvalue weighted by molar-refractivity contribution is -0.147. The van der Waals surface area contributed by atoms with E-state index < -0.39 is 11.4 Å². The topological polar surface area (TPSA) is 40.5 Å². The second kappa shape index (κ2) is 6.25. The summed E-state index contributed by atoms with van der Waals surface area (Å²) in [4.78, 5) is 13.6. The lowest BCUT2D eigenvalue weighted by Crippen LogP contribution is -2.33. The van der Waals surface area contributed by atoms with E-state index in [9.17, 15) is 4.79 Å². The molecule has 112 valence electrons. The van der Waals surface area contributed by atoms with Crippen LogP contribution in [0, 0.1) is 16.7 Å². The number of aliphatic carboxylic acids is 1. The van der Waals surface area contributed by atoms with Gasteiger partial charge in [-0.1, -0.05) is 20.8 Å². The van der Waals surface area contributed by atoms with Crippen molar-refractivity contribution in [3.8, 4) is 0 Å². The minimum atomic E-state index is -0.685. The van der Waals surface area contributed by atoms with Crippen molar-refractivity contribution in [2.45, 2.75) is 60.3 Å². The smallest absolute Gasteiger partial charge is 0.309 e. The number of likely N-dealkylation sites (tertiary alicyclic amines) is 1. The molecule has 0 aromatic carbocycles. The van der Waals surface area contributed by atoms with Crippen LogP contribution in [0.25, 0.3) is 0 Å². The molecule has 0 bridgehead atoms. The first-order valence-electron chi connectivity index (χ1n) is 7.59. The normalized spacial score (nSPS) is 23.1. The summed E-state index contributed by atoms with van der Waals surface area (Å²) in [6.45, 7) is 13.8. The quantitative estimate of drug-likeness (QED) is 0.847. The molecule has 1 saturated heterocycles. The molecule has 0 amide bonds. The Labute approximate surface area is 118 Å². The highest BCUT2D eigenvalue weighted by atomic mass is 16.4. The Morgan fingerprint density at radius 2 is 1.79 bits per heavy atom. The summed E-state index contributed by atoms with van der Waals surface area (Å²) in [5.41, 5.74) is -0.202. The Hall–Kier alpha value is -0.570. The van der Waals surface area contributed by atoms with Gasteiger partial charge in [-0.3, -0.25) is 4.79 Å². The number of hydrogen-bond acceptors (Lipinski definition) is 2. The Kier molecular flexibility index (Phi) is 5.43. The Balaban J connectivity index is 2.44. The highest BCUT2D eigenvalue weighted by Gasteiger charge is 2.30. The van der Waals surface area contributed by atoms with Crippen LogP contribution in [0.15, 0.2) is 0 Å². The summed E-state index contributed by atoms with van der Waals surface area (Å²) >= 11 is 0. The minimum Gasteiger partial charge on any atom is -0.481 e. The predicted molar refractivity (Wildman–Crippen MR) is 79.3 cm³/mol. The number of carbonyl (C=O) groups is 1. The van der Waals surface area contributed by atoms with Crippen molar-refractivity contribution in [1.29, 1.82) is 0 Å². The van der Waals surface area contributed by atoms with Gasteiger partial charge < -0.3 is 10.0 Å². The highest BCUT2D eigenvalue weighted by molar-refractivity contribution is 5.73. The molecule has 1 aliphatic rings. The van der Waals surface area contributed by atoms with Crippen LogP contribution in [0.2, 0.25) is 0 Å². The van der Waals surface area contributed by atoms with Gasteiger partial charge in [-0.05, 0) is 70.5 Å². The van der Waals surface area contributed by atoms with Gasteiger partial charge in [-0.15, -0.1) is 0 Å². The van der Waals surface area contributed by atoms with E-state index in [0.29, 0.717) is 5.41 Å². The summed E-state index contributed by atoms with van der Waals surface area (Å²) in [5, 5.41) is 9.16. The molecule has 0 aromatic rings. The molecular formula is C16H31NO2. The molecule has 1 heterocycles. The number of carboxylic acid groups (broad SMARTS) is 1. The van der Waals surface area contributed by atoms with Crippen molar-refractivity contribution in [3.05, 3.63) is 0 Å². The van der Waals surface area contributed by atoms with Crippen LogP contribution in [0.5, 0.6) is 0 Å². The number of nitrogens with zero attached hydrogens (tertiary/aromatic N) is 1. The summed E-state index contributed by atoms with van der Waals surface area (Å²) in [7, 11) is 0. The maximum atomic E-state index is 11.1. The van der Waals surface area contributed by atoms with Crippen molar-refractivity contribution < 1.29 is 9.90 Å². The van der Waals surface area contributed by atoms with Crippen LogP contribution in [-0.4, -0.2) is 35.6 Å². The first-order valence-corrected chi connectivity index (χ1v) is 7.59. The van der Waals surface area contributed by atoms with Gasteiger partial charge in [0, 0.05) is 0 Å². The molecule has 3 heteroatoms. The van der Waals surface area contributed by atoms with E-state index in [1.54, 1.807) is 0 Å². The largest absolute Gasteiger partial charge is 0.481 e. The minimum absolute atomic E-state index is 0.399. The molecule has 0 saturated carbocycles. The number of rotatable bonds is 4. The first-order chi connectivity index (χ1) is 8.63. The Bertz CT molecular complexity index is 304. The monoisotopic (exact) mass is 269 g/mol. The van der Waals surface area contributed by atoms with Crippen LogP contribution in [0.4, 0.5) is 0 Å². The van der Waals surface area contributed by atoms with Gasteiger partial charge in [0.25, 0.3) is 0 Å². The SMILES string of the molecule is CC(C)(CCN1CCCC(C(C)(C)C)CC1)C(=O)O. The van der Waals surface area contributed by atoms with Crippen molar-refractivity contribution in [1.82, 2.24) is 4.90 Å². The van der Waals surface area contributed by atoms with Gasteiger partial charge in [0.2, 0.25) is 0 Å². The molecule has 0 spiro atoms. The van der Waals surface area contributed by atoms with Crippen molar-refractivity contribution in [2.75, 3.05) is 19.6 Å². The van der Waals surface area contributed by atoms with Crippen LogP contribution in [0.1, 0.15) is 60.3 Å². The van der Waals surface area contributed by atoms with E-state index in [4.69, 9.17) is 5.11 Å². The molecular weight excluding hydrogens is 238 g/mol. The van der Waals surface area contributed by atoms with Gasteiger partial charge in [0.15, 0.2) is 0 Å². The third kappa shape index (κ3) is 5.13. The number of hydrogen-bond donors (Lipinski definition) is 1. The highest BCUT2D eigenvalue weighted by Crippen LogP contribution is 2.34. The maximum absolute atomic E-state index is 11.1. The fraction of sp³-hybridized carbons (Fsp3) is 0.938. The molecule has 3 nitrogen and oxygen atoms in total. The predicted octanol–water partition coefficient (Wildman–Crippen LogP) is 3.64. The van der Waals surface area contributed by atoms with Crippen molar-refractivity contribution in [3.63, 3.8) is 0 Å². The lowest BCUT2D eigenvalue weighted by Gasteiger charge is -2.30. The Morgan fingerprint density at radius 3 is 2.32 bits per heavy atom.